The molecule has 0 radical (unpaired) electrons. The lowest BCUT2D eigenvalue weighted by Crippen LogP contribution is -2.45. The van der Waals surface area contributed by atoms with Gasteiger partial charge in [0.05, 0.1) is 55.6 Å². The largest absolute Gasteiger partial charge is 0.497 e. The zero-order valence-electron chi connectivity index (χ0n) is 26.3. The van der Waals surface area contributed by atoms with Crippen LogP contribution >= 0.6 is 0 Å². The van der Waals surface area contributed by atoms with Crippen LogP contribution < -0.4 is 19.5 Å². The number of nitrogens with zero attached hydrogens (tertiary/aromatic N) is 5. The van der Waals surface area contributed by atoms with Gasteiger partial charge in [-0.2, -0.15) is 0 Å². The van der Waals surface area contributed by atoms with Gasteiger partial charge in [0.2, 0.25) is 0 Å². The molecule has 10 nitrogen and oxygen atoms in total. The second-order valence-corrected chi connectivity index (χ2v) is 11.1. The molecule has 0 aliphatic carbocycles. The van der Waals surface area contributed by atoms with Gasteiger partial charge < -0.3 is 19.5 Å². The Morgan fingerprint density at radius 1 is 0.766 bits per heavy atom. The molecule has 1 aliphatic heterocycles. The van der Waals surface area contributed by atoms with Crippen molar-refractivity contribution < 1.29 is 27.8 Å². The third-order valence-corrected chi connectivity index (χ3v) is 8.21. The average Bonchev–Trinajstić information content (AvgIpc) is 3.10. The maximum Gasteiger partial charge on any atom is 0.257 e. The van der Waals surface area contributed by atoms with Crippen LogP contribution in [0.15, 0.2) is 73.2 Å². The minimum Gasteiger partial charge on any atom is -0.497 e. The van der Waals surface area contributed by atoms with E-state index in [0.29, 0.717) is 12.2 Å². The fourth-order valence-electron chi connectivity index (χ4n) is 5.68. The third kappa shape index (κ3) is 6.83. The van der Waals surface area contributed by atoms with Crippen molar-refractivity contribution in [3.8, 4) is 28.4 Å². The highest BCUT2D eigenvalue weighted by Crippen LogP contribution is 2.40. The number of halogens is 2. The van der Waals surface area contributed by atoms with E-state index < -0.39 is 23.1 Å². The predicted molar refractivity (Wildman–Crippen MR) is 174 cm³/mol. The summed E-state index contributed by atoms with van der Waals surface area (Å²) in [6.07, 6.45) is 4.42. The van der Waals surface area contributed by atoms with Crippen molar-refractivity contribution in [3.63, 3.8) is 0 Å². The summed E-state index contributed by atoms with van der Waals surface area (Å²) < 4.78 is 46.1. The normalized spacial score (nSPS) is 13.8. The molecule has 3 heterocycles. The van der Waals surface area contributed by atoms with E-state index in [1.165, 1.54) is 44.3 Å². The first-order chi connectivity index (χ1) is 22.9. The number of carbonyl (C=O) groups excluding carboxylic acids is 1. The summed E-state index contributed by atoms with van der Waals surface area (Å²) in [6, 6.07) is 15.9. The number of piperazine rings is 1. The van der Waals surface area contributed by atoms with Crippen molar-refractivity contribution in [1.29, 1.82) is 0 Å². The van der Waals surface area contributed by atoms with Crippen molar-refractivity contribution >= 4 is 22.6 Å². The first-order valence-corrected chi connectivity index (χ1v) is 15.1. The second kappa shape index (κ2) is 14.1. The highest BCUT2D eigenvalue weighted by atomic mass is 19.1. The Labute approximate surface area is 270 Å². The predicted octanol–water partition coefficient (Wildman–Crippen LogP) is 5.57. The van der Waals surface area contributed by atoms with Gasteiger partial charge in [-0.05, 0) is 35.9 Å². The van der Waals surface area contributed by atoms with Crippen molar-refractivity contribution in [1.82, 2.24) is 24.8 Å². The Hall–Kier alpha value is -5.20. The Balaban J connectivity index is 1.12. The molecule has 1 fully saturated rings. The molecule has 0 unspecified atom stereocenters. The number of aromatic nitrogens is 3. The number of benzene rings is 3. The van der Waals surface area contributed by atoms with Crippen LogP contribution in [-0.2, 0) is 13.1 Å². The number of carbonyl (C=O) groups is 1. The van der Waals surface area contributed by atoms with Crippen LogP contribution in [0.2, 0.25) is 0 Å². The van der Waals surface area contributed by atoms with Crippen LogP contribution in [-0.4, -0.2) is 78.2 Å². The zero-order chi connectivity index (χ0) is 32.9. The topological polar surface area (TPSA) is 102 Å². The number of ether oxygens (including phenoxy) is 3. The molecule has 1 amide bonds. The Morgan fingerprint density at radius 3 is 2.00 bits per heavy atom. The smallest absolute Gasteiger partial charge is 0.257 e. The molecule has 242 valence electrons. The molecule has 0 saturated carbocycles. The molecule has 1 saturated heterocycles. The van der Waals surface area contributed by atoms with Gasteiger partial charge in [-0.3, -0.25) is 29.5 Å². The van der Waals surface area contributed by atoms with E-state index in [9.17, 15) is 4.79 Å². The Kier molecular flexibility index (Phi) is 9.50. The van der Waals surface area contributed by atoms with Gasteiger partial charge in [0.25, 0.3) is 5.91 Å². The number of hydrogen-bond donors (Lipinski definition) is 1. The molecule has 0 atom stereocenters. The van der Waals surface area contributed by atoms with Crippen LogP contribution in [0.1, 0.15) is 21.6 Å². The van der Waals surface area contributed by atoms with Gasteiger partial charge in [-0.25, -0.2) is 8.78 Å². The van der Waals surface area contributed by atoms with E-state index in [1.807, 2.05) is 18.2 Å². The van der Waals surface area contributed by atoms with Crippen molar-refractivity contribution in [2.45, 2.75) is 13.1 Å². The lowest BCUT2D eigenvalue weighted by molar-refractivity contribution is 0.102. The van der Waals surface area contributed by atoms with Gasteiger partial charge in [0.1, 0.15) is 11.3 Å². The fraction of sp³-hybridized carbons (Fsp3) is 0.257. The molecule has 6 rings (SSSR count). The van der Waals surface area contributed by atoms with E-state index in [1.54, 1.807) is 19.4 Å². The first kappa shape index (κ1) is 31.8. The minimum absolute atomic E-state index is 0.101. The minimum atomic E-state index is -0.920. The average molecular weight is 641 g/mol. The van der Waals surface area contributed by atoms with Crippen molar-refractivity contribution in [2.24, 2.45) is 0 Å². The third-order valence-electron chi connectivity index (χ3n) is 8.21. The van der Waals surface area contributed by atoms with Crippen LogP contribution in [0, 0.1) is 11.6 Å². The highest BCUT2D eigenvalue weighted by molar-refractivity contribution is 6.13. The summed E-state index contributed by atoms with van der Waals surface area (Å²) in [5, 5.41) is 2.85. The van der Waals surface area contributed by atoms with E-state index in [4.69, 9.17) is 14.2 Å². The summed E-state index contributed by atoms with van der Waals surface area (Å²) in [5.41, 5.74) is 2.87. The summed E-state index contributed by atoms with van der Waals surface area (Å²) in [5.74, 6) is -1.84. The molecular weight excluding hydrogens is 606 g/mol. The Bertz CT molecular complexity index is 1850. The lowest BCUT2D eigenvalue weighted by Gasteiger charge is -2.34. The summed E-state index contributed by atoms with van der Waals surface area (Å²) in [6.45, 7) is 5.38. The number of anilines is 1. The number of pyridine rings is 1. The maximum absolute atomic E-state index is 15.3. The summed E-state index contributed by atoms with van der Waals surface area (Å²) >= 11 is 0. The molecule has 1 aliphatic rings. The quantitative estimate of drug-likeness (QED) is 0.210. The molecule has 0 spiro atoms. The molecule has 3 aromatic carbocycles. The van der Waals surface area contributed by atoms with Gasteiger partial charge in [0, 0.05) is 63.3 Å². The summed E-state index contributed by atoms with van der Waals surface area (Å²) in [4.78, 5) is 31.4. The maximum atomic E-state index is 15.3. The van der Waals surface area contributed by atoms with E-state index in [0.717, 1.165) is 50.2 Å². The van der Waals surface area contributed by atoms with Crippen LogP contribution in [0.5, 0.6) is 17.2 Å². The molecule has 5 aromatic rings. The molecule has 12 heteroatoms. The number of amides is 1. The number of nitrogens with one attached hydrogen (secondary N) is 1. The fourth-order valence-corrected chi connectivity index (χ4v) is 5.68. The van der Waals surface area contributed by atoms with Crippen LogP contribution in [0.25, 0.3) is 22.2 Å². The van der Waals surface area contributed by atoms with Gasteiger partial charge >= 0.3 is 0 Å². The highest BCUT2D eigenvalue weighted by Gasteiger charge is 2.25. The van der Waals surface area contributed by atoms with Crippen LogP contribution in [0.4, 0.5) is 14.5 Å². The van der Waals surface area contributed by atoms with Crippen molar-refractivity contribution in [3.05, 3.63) is 102 Å². The van der Waals surface area contributed by atoms with E-state index in [-0.39, 0.29) is 33.7 Å². The number of hydrogen-bond acceptors (Lipinski definition) is 9. The molecule has 1 N–H and O–H groups in total. The number of rotatable bonds is 10. The van der Waals surface area contributed by atoms with Gasteiger partial charge in [0.15, 0.2) is 23.1 Å². The van der Waals surface area contributed by atoms with E-state index >= 15 is 8.78 Å². The SMILES string of the molecule is COc1ccc(CN2CCN(Cc3ccc(NC(=O)c4ccc(-c5c(F)c(OC)cc(OC)c5F)c5nccnc45)cn3)CC2)cc1. The number of methoxy groups -OCH3 is 3. The monoisotopic (exact) mass is 640 g/mol. The second-order valence-electron chi connectivity index (χ2n) is 11.1. The molecule has 0 bridgehead atoms. The first-order valence-electron chi connectivity index (χ1n) is 15.1. The molecule has 2 aromatic heterocycles. The van der Waals surface area contributed by atoms with Gasteiger partial charge in [-0.1, -0.05) is 18.2 Å². The van der Waals surface area contributed by atoms with Gasteiger partial charge in [-0.15, -0.1) is 0 Å². The van der Waals surface area contributed by atoms with Crippen LogP contribution in [0.3, 0.4) is 0 Å². The molecular formula is C35H34F2N6O4. The Morgan fingerprint density at radius 2 is 1.40 bits per heavy atom. The zero-order valence-corrected chi connectivity index (χ0v) is 26.3. The lowest BCUT2D eigenvalue weighted by atomic mass is 9.98. The molecule has 47 heavy (non-hydrogen) atoms. The standard InChI is InChI=1S/C35H34F2N6O4/c1-45-25-8-4-22(5-9-25)20-42-14-16-43(17-15-42)21-24-7-6-23(19-40-24)41-35(44)27-11-10-26(33-34(27)39-13-12-38-33)30-31(36)28(46-2)18-29(47-3)32(30)37/h4-13,18-19H,14-17,20-21H2,1-3H3,(H,41,44). The van der Waals surface area contributed by atoms with Crippen molar-refractivity contribution in [2.75, 3.05) is 52.8 Å². The summed E-state index contributed by atoms with van der Waals surface area (Å²) in [7, 11) is 4.22. The number of fused-ring (bicyclic) bond motifs is 1. The van der Waals surface area contributed by atoms with E-state index in [2.05, 4.69) is 42.2 Å².